The molecule has 0 spiro atoms. The molecule has 1 atom stereocenters. The van der Waals surface area contributed by atoms with Crippen LogP contribution in [0.2, 0.25) is 5.02 Å². The van der Waals surface area contributed by atoms with Crippen molar-refractivity contribution in [3.8, 4) is 11.4 Å². The molecule has 5 aromatic rings. The van der Waals surface area contributed by atoms with Crippen molar-refractivity contribution in [2.45, 2.75) is 13.0 Å². The van der Waals surface area contributed by atoms with Crippen LogP contribution in [0.5, 0.6) is 0 Å². The minimum Gasteiger partial charge on any atom is -0.345 e. The van der Waals surface area contributed by atoms with Crippen LogP contribution in [0.1, 0.15) is 28.9 Å². The van der Waals surface area contributed by atoms with Crippen molar-refractivity contribution in [1.29, 1.82) is 0 Å². The van der Waals surface area contributed by atoms with E-state index in [4.69, 9.17) is 16.6 Å². The molecule has 8 heteroatoms. The maximum atomic E-state index is 13.0. The fourth-order valence-electron chi connectivity index (χ4n) is 3.70. The molecule has 2 N–H and O–H groups in total. The van der Waals surface area contributed by atoms with Gasteiger partial charge in [-0.3, -0.25) is 9.48 Å². The number of carbonyl (C=O) groups is 1. The normalized spacial score (nSPS) is 12.4. The van der Waals surface area contributed by atoms with E-state index in [0.717, 1.165) is 16.5 Å². The number of nitrogens with one attached hydrogen (secondary N) is 2. The summed E-state index contributed by atoms with van der Waals surface area (Å²) < 4.78 is 1.76. The van der Waals surface area contributed by atoms with Crippen molar-refractivity contribution in [2.24, 2.45) is 7.05 Å². The average Bonchev–Trinajstić information content (AvgIpc) is 3.35. The molecule has 0 radical (unpaired) electrons. The Hall–Kier alpha value is -3.71. The quantitative estimate of drug-likeness (QED) is 0.434. The molecule has 0 unspecified atom stereocenters. The van der Waals surface area contributed by atoms with Gasteiger partial charge in [0.15, 0.2) is 5.65 Å². The van der Waals surface area contributed by atoms with Crippen LogP contribution in [0.15, 0.2) is 60.9 Å². The van der Waals surface area contributed by atoms with Gasteiger partial charge in [0, 0.05) is 23.7 Å². The molecule has 0 saturated carbocycles. The van der Waals surface area contributed by atoms with E-state index in [1.165, 1.54) is 0 Å². The number of aryl methyl sites for hydroxylation is 1. The van der Waals surface area contributed by atoms with Crippen LogP contribution in [0, 0.1) is 0 Å². The van der Waals surface area contributed by atoms with E-state index in [9.17, 15) is 4.79 Å². The summed E-state index contributed by atoms with van der Waals surface area (Å²) >= 11 is 6.13. The molecule has 3 aromatic heterocycles. The summed E-state index contributed by atoms with van der Waals surface area (Å²) in [5.74, 6) is -0.216. The van der Waals surface area contributed by atoms with E-state index in [2.05, 4.69) is 20.4 Å². The number of rotatable bonds is 4. The van der Waals surface area contributed by atoms with Crippen LogP contribution < -0.4 is 5.32 Å². The largest absolute Gasteiger partial charge is 0.345 e. The van der Waals surface area contributed by atoms with Gasteiger partial charge in [-0.15, -0.1) is 0 Å². The Bertz CT molecular complexity index is 1420. The Labute approximate surface area is 183 Å². The number of amides is 1. The first kappa shape index (κ1) is 19.3. The van der Waals surface area contributed by atoms with Crippen LogP contribution >= 0.6 is 11.6 Å². The van der Waals surface area contributed by atoms with E-state index in [1.807, 2.05) is 62.5 Å². The number of hydrogen-bond acceptors (Lipinski definition) is 4. The second-order valence-electron chi connectivity index (χ2n) is 7.39. The lowest BCUT2D eigenvalue weighted by Crippen LogP contribution is -2.26. The summed E-state index contributed by atoms with van der Waals surface area (Å²) in [5, 5.41) is 9.18. The van der Waals surface area contributed by atoms with Gasteiger partial charge >= 0.3 is 0 Å². The van der Waals surface area contributed by atoms with Crippen LogP contribution in [-0.2, 0) is 7.05 Å². The van der Waals surface area contributed by atoms with Gasteiger partial charge in [0.1, 0.15) is 16.9 Å². The van der Waals surface area contributed by atoms with Gasteiger partial charge in [-0.2, -0.15) is 5.10 Å². The lowest BCUT2D eigenvalue weighted by atomic mass is 10.1. The minimum atomic E-state index is -0.216. The number of aromatic amines is 1. The van der Waals surface area contributed by atoms with E-state index in [0.29, 0.717) is 33.1 Å². The highest BCUT2D eigenvalue weighted by Crippen LogP contribution is 2.29. The summed E-state index contributed by atoms with van der Waals surface area (Å²) in [7, 11) is 1.86. The third kappa shape index (κ3) is 3.43. The Kier molecular flexibility index (Phi) is 4.67. The molecule has 0 saturated heterocycles. The van der Waals surface area contributed by atoms with E-state index < -0.39 is 0 Å². The number of carbonyl (C=O) groups excluding carboxylic acids is 1. The topological polar surface area (TPSA) is 88.5 Å². The zero-order chi connectivity index (χ0) is 21.5. The fraction of sp³-hybridized carbons (Fsp3) is 0.130. The number of aromatic nitrogens is 5. The number of nitrogens with zero attached hydrogens (tertiary/aromatic N) is 4. The maximum Gasteiger partial charge on any atom is 0.255 e. The highest BCUT2D eigenvalue weighted by atomic mass is 35.5. The van der Waals surface area contributed by atoms with Crippen molar-refractivity contribution >= 4 is 39.6 Å². The molecular weight excluding hydrogens is 412 g/mol. The maximum absolute atomic E-state index is 13.0. The Balaban J connectivity index is 1.53. The second-order valence-corrected chi connectivity index (χ2v) is 7.83. The first-order valence-electron chi connectivity index (χ1n) is 9.84. The number of halogens is 1. The van der Waals surface area contributed by atoms with Gasteiger partial charge in [0.2, 0.25) is 0 Å². The number of fused-ring (bicyclic) bond motifs is 2. The zero-order valence-electron chi connectivity index (χ0n) is 16.9. The predicted molar refractivity (Wildman–Crippen MR) is 121 cm³/mol. The van der Waals surface area contributed by atoms with Gasteiger partial charge in [0.25, 0.3) is 5.91 Å². The van der Waals surface area contributed by atoms with E-state index in [-0.39, 0.29) is 11.9 Å². The zero-order valence-corrected chi connectivity index (χ0v) is 17.7. The number of benzene rings is 2. The number of hydrogen-bond donors (Lipinski definition) is 2. The third-order valence-electron chi connectivity index (χ3n) is 5.33. The minimum absolute atomic E-state index is 0.140. The summed E-state index contributed by atoms with van der Waals surface area (Å²) in [6.07, 6.45) is 3.29. The molecule has 154 valence electrons. The van der Waals surface area contributed by atoms with Gasteiger partial charge < -0.3 is 10.3 Å². The predicted octanol–water partition coefficient (Wildman–Crippen LogP) is 4.66. The molecule has 0 aliphatic carbocycles. The molecule has 7 nitrogen and oxygen atoms in total. The molecule has 0 fully saturated rings. The van der Waals surface area contributed by atoms with Crippen molar-refractivity contribution in [1.82, 2.24) is 30.0 Å². The van der Waals surface area contributed by atoms with E-state index >= 15 is 0 Å². The van der Waals surface area contributed by atoms with Crippen molar-refractivity contribution in [3.63, 3.8) is 0 Å². The molecule has 0 bridgehead atoms. The summed E-state index contributed by atoms with van der Waals surface area (Å²) in [6.45, 7) is 1.95. The average molecular weight is 431 g/mol. The Morgan fingerprint density at radius 2 is 2.00 bits per heavy atom. The van der Waals surface area contributed by atoms with Crippen LogP contribution in [-0.4, -0.2) is 30.6 Å². The number of H-pyrrole nitrogens is 1. The van der Waals surface area contributed by atoms with Crippen LogP contribution in [0.25, 0.3) is 33.5 Å². The van der Waals surface area contributed by atoms with E-state index in [1.54, 1.807) is 17.1 Å². The molecule has 0 aliphatic rings. The highest BCUT2D eigenvalue weighted by Gasteiger charge is 2.19. The standard InChI is InChI=1S/C23H19ClN6O/c1-13(14-6-4-3-5-7-14)27-23(31)17-11-25-22-21(17)28-18(12-26-22)20-16-9-8-15(24)10-19(16)30(2)29-20/h3-13H,1-2H3,(H,25,26)(H,27,31)/t13-/m1/s1. The fourth-order valence-corrected chi connectivity index (χ4v) is 3.86. The second kappa shape index (κ2) is 7.52. The highest BCUT2D eigenvalue weighted by molar-refractivity contribution is 6.31. The van der Waals surface area contributed by atoms with Crippen molar-refractivity contribution in [3.05, 3.63) is 77.1 Å². The lowest BCUT2D eigenvalue weighted by molar-refractivity contribution is 0.0941. The van der Waals surface area contributed by atoms with Crippen molar-refractivity contribution < 1.29 is 4.79 Å². The molecule has 3 heterocycles. The monoisotopic (exact) mass is 430 g/mol. The van der Waals surface area contributed by atoms with Gasteiger partial charge in [-0.25, -0.2) is 9.97 Å². The smallest absolute Gasteiger partial charge is 0.255 e. The van der Waals surface area contributed by atoms with Crippen molar-refractivity contribution in [2.75, 3.05) is 0 Å². The van der Waals surface area contributed by atoms with Crippen LogP contribution in [0.3, 0.4) is 0 Å². The summed E-state index contributed by atoms with van der Waals surface area (Å²) in [6, 6.07) is 15.3. The molecule has 1 amide bonds. The van der Waals surface area contributed by atoms with Gasteiger partial charge in [0.05, 0.1) is 23.3 Å². The Morgan fingerprint density at radius 1 is 1.19 bits per heavy atom. The third-order valence-corrected chi connectivity index (χ3v) is 5.56. The lowest BCUT2D eigenvalue weighted by Gasteiger charge is -2.13. The van der Waals surface area contributed by atoms with Gasteiger partial charge in [-0.1, -0.05) is 41.9 Å². The molecule has 5 rings (SSSR count). The first-order chi connectivity index (χ1) is 15.0. The van der Waals surface area contributed by atoms with Crippen LogP contribution in [0.4, 0.5) is 0 Å². The summed E-state index contributed by atoms with van der Waals surface area (Å²) in [4.78, 5) is 25.2. The SMILES string of the molecule is C[C@@H](NC(=O)c1c[nH]c2ncc(-c3nn(C)c4cc(Cl)ccc34)nc12)c1ccccc1. The first-order valence-corrected chi connectivity index (χ1v) is 10.2. The van der Waals surface area contributed by atoms with Gasteiger partial charge in [-0.05, 0) is 30.7 Å². The molecule has 2 aromatic carbocycles. The molecule has 0 aliphatic heterocycles. The summed E-state index contributed by atoms with van der Waals surface area (Å²) in [5.41, 5.74) is 4.69. The molecular formula is C23H19ClN6O. The Morgan fingerprint density at radius 3 is 2.81 bits per heavy atom. The molecule has 31 heavy (non-hydrogen) atoms.